The standard InChI is InChI=1S/C20H23N3O3S/c24-20(22-15-7-6-12-21-14-15)13-18-17-10-4-5-11-19(17)27(25,26)23(18)16-8-2-1-3-9-16/h4-7,10-12,14,16,18H,1-3,8-9,13H2,(H,22,24). The predicted octanol–water partition coefficient (Wildman–Crippen LogP) is 3.49. The van der Waals surface area contributed by atoms with E-state index >= 15 is 0 Å². The molecule has 0 bridgehead atoms. The van der Waals surface area contributed by atoms with Crippen molar-refractivity contribution in [2.75, 3.05) is 5.32 Å². The Kier molecular flexibility index (Phi) is 4.97. The van der Waals surface area contributed by atoms with Crippen LogP contribution in [0.2, 0.25) is 0 Å². The minimum absolute atomic E-state index is 0.0349. The lowest BCUT2D eigenvalue weighted by Crippen LogP contribution is -2.40. The molecule has 7 heteroatoms. The number of benzene rings is 1. The molecule has 1 N–H and O–H groups in total. The van der Waals surface area contributed by atoms with Crippen molar-refractivity contribution in [2.45, 2.75) is 55.5 Å². The van der Waals surface area contributed by atoms with Crippen molar-refractivity contribution >= 4 is 21.6 Å². The molecule has 0 radical (unpaired) electrons. The molecule has 4 rings (SSSR count). The van der Waals surface area contributed by atoms with Crippen molar-refractivity contribution in [3.63, 3.8) is 0 Å². The molecule has 2 aromatic rings. The number of fused-ring (bicyclic) bond motifs is 1. The van der Waals surface area contributed by atoms with Crippen LogP contribution in [-0.2, 0) is 14.8 Å². The van der Waals surface area contributed by atoms with Gasteiger partial charge in [-0.15, -0.1) is 0 Å². The first-order chi connectivity index (χ1) is 13.1. The quantitative estimate of drug-likeness (QED) is 0.874. The SMILES string of the molecule is O=C(CC1c2ccccc2S(=O)(=O)N1C1CCCCC1)Nc1cccnc1. The van der Waals surface area contributed by atoms with Crippen LogP contribution in [-0.4, -0.2) is 29.7 Å². The summed E-state index contributed by atoms with van der Waals surface area (Å²) in [6.45, 7) is 0. The van der Waals surface area contributed by atoms with E-state index in [0.29, 0.717) is 10.6 Å². The van der Waals surface area contributed by atoms with E-state index in [-0.39, 0.29) is 18.4 Å². The van der Waals surface area contributed by atoms with Gasteiger partial charge in [0.1, 0.15) is 0 Å². The van der Waals surface area contributed by atoms with E-state index in [2.05, 4.69) is 10.3 Å². The van der Waals surface area contributed by atoms with Crippen LogP contribution in [0.25, 0.3) is 0 Å². The van der Waals surface area contributed by atoms with Crippen LogP contribution < -0.4 is 5.32 Å². The number of rotatable bonds is 4. The van der Waals surface area contributed by atoms with Gasteiger partial charge in [0.05, 0.1) is 22.8 Å². The first kappa shape index (κ1) is 18.1. The van der Waals surface area contributed by atoms with E-state index in [1.807, 2.05) is 12.1 Å². The molecule has 1 aromatic heterocycles. The van der Waals surface area contributed by atoms with Crippen molar-refractivity contribution in [3.05, 3.63) is 54.4 Å². The van der Waals surface area contributed by atoms with E-state index in [1.54, 1.807) is 41.0 Å². The number of hydrogen-bond acceptors (Lipinski definition) is 4. The molecule has 1 fully saturated rings. The maximum absolute atomic E-state index is 13.2. The Morgan fingerprint density at radius 2 is 1.89 bits per heavy atom. The van der Waals surface area contributed by atoms with Crippen LogP contribution in [0.15, 0.2) is 53.7 Å². The number of nitrogens with one attached hydrogen (secondary N) is 1. The summed E-state index contributed by atoms with van der Waals surface area (Å²) < 4.78 is 28.0. The number of aromatic nitrogens is 1. The van der Waals surface area contributed by atoms with Gasteiger partial charge in [-0.25, -0.2) is 8.42 Å². The van der Waals surface area contributed by atoms with Crippen LogP contribution >= 0.6 is 0 Å². The highest BCUT2D eigenvalue weighted by Gasteiger charge is 2.46. The molecule has 6 nitrogen and oxygen atoms in total. The Labute approximate surface area is 159 Å². The van der Waals surface area contributed by atoms with Gasteiger partial charge < -0.3 is 5.32 Å². The fourth-order valence-corrected chi connectivity index (χ4v) is 6.33. The second kappa shape index (κ2) is 7.40. The normalized spacial score (nSPS) is 22.3. The number of carbonyl (C=O) groups excluding carboxylic acids is 1. The van der Waals surface area contributed by atoms with E-state index in [0.717, 1.165) is 37.7 Å². The second-order valence-corrected chi connectivity index (χ2v) is 8.99. The van der Waals surface area contributed by atoms with Crippen molar-refractivity contribution in [3.8, 4) is 0 Å². The lowest BCUT2D eigenvalue weighted by Gasteiger charge is -2.34. The van der Waals surface area contributed by atoms with E-state index < -0.39 is 16.1 Å². The fraction of sp³-hybridized carbons (Fsp3) is 0.400. The van der Waals surface area contributed by atoms with Gasteiger partial charge in [0.2, 0.25) is 15.9 Å². The van der Waals surface area contributed by atoms with Gasteiger partial charge in [0.15, 0.2) is 0 Å². The minimum Gasteiger partial charge on any atom is -0.325 e. The number of nitrogens with zero attached hydrogens (tertiary/aromatic N) is 2. The molecule has 2 heterocycles. The molecule has 142 valence electrons. The first-order valence-electron chi connectivity index (χ1n) is 9.40. The Morgan fingerprint density at radius 1 is 1.11 bits per heavy atom. The summed E-state index contributed by atoms with van der Waals surface area (Å²) in [6.07, 6.45) is 8.23. The number of sulfonamides is 1. The van der Waals surface area contributed by atoms with E-state index in [9.17, 15) is 13.2 Å². The largest absolute Gasteiger partial charge is 0.325 e. The van der Waals surface area contributed by atoms with Crippen molar-refractivity contribution in [1.29, 1.82) is 0 Å². The van der Waals surface area contributed by atoms with Gasteiger partial charge in [0.25, 0.3) is 0 Å². The van der Waals surface area contributed by atoms with Crippen molar-refractivity contribution in [1.82, 2.24) is 9.29 Å². The number of amides is 1. The highest BCUT2D eigenvalue weighted by atomic mass is 32.2. The van der Waals surface area contributed by atoms with Gasteiger partial charge in [0, 0.05) is 18.7 Å². The molecular weight excluding hydrogens is 362 g/mol. The summed E-state index contributed by atoms with van der Waals surface area (Å²) in [4.78, 5) is 17.0. The Bertz CT molecular complexity index is 924. The average Bonchev–Trinajstić information content (AvgIpc) is 2.90. The zero-order chi connectivity index (χ0) is 18.9. The minimum atomic E-state index is -3.57. The summed E-state index contributed by atoms with van der Waals surface area (Å²) in [5.41, 5.74) is 1.34. The van der Waals surface area contributed by atoms with Crippen LogP contribution in [0, 0.1) is 0 Å². The molecule has 1 aromatic carbocycles. The number of pyridine rings is 1. The van der Waals surface area contributed by atoms with Crippen molar-refractivity contribution < 1.29 is 13.2 Å². The molecular formula is C20H23N3O3S. The number of hydrogen-bond donors (Lipinski definition) is 1. The van der Waals surface area contributed by atoms with Gasteiger partial charge >= 0.3 is 0 Å². The summed E-state index contributed by atoms with van der Waals surface area (Å²) in [5, 5.41) is 2.83. The maximum atomic E-state index is 13.2. The van der Waals surface area contributed by atoms with Gasteiger partial charge in [-0.3, -0.25) is 9.78 Å². The second-order valence-electron chi connectivity index (χ2n) is 7.17. The summed E-state index contributed by atoms with van der Waals surface area (Å²) in [7, 11) is -3.57. The number of carbonyl (C=O) groups is 1. The molecule has 2 aliphatic rings. The molecule has 1 unspecified atom stereocenters. The molecule has 1 aliphatic carbocycles. The van der Waals surface area contributed by atoms with E-state index in [4.69, 9.17) is 0 Å². The van der Waals surface area contributed by atoms with Crippen LogP contribution in [0.3, 0.4) is 0 Å². The molecule has 1 aliphatic heterocycles. The van der Waals surface area contributed by atoms with Crippen LogP contribution in [0.4, 0.5) is 5.69 Å². The zero-order valence-electron chi connectivity index (χ0n) is 15.0. The van der Waals surface area contributed by atoms with E-state index in [1.165, 1.54) is 0 Å². The van der Waals surface area contributed by atoms with Gasteiger partial charge in [-0.1, -0.05) is 37.5 Å². The summed E-state index contributed by atoms with van der Waals surface area (Å²) in [5.74, 6) is -0.208. The highest BCUT2D eigenvalue weighted by molar-refractivity contribution is 7.89. The molecule has 27 heavy (non-hydrogen) atoms. The monoisotopic (exact) mass is 385 g/mol. The fourth-order valence-electron chi connectivity index (χ4n) is 4.22. The first-order valence-corrected chi connectivity index (χ1v) is 10.8. The molecule has 0 spiro atoms. The Hall–Kier alpha value is -2.25. The average molecular weight is 385 g/mol. The van der Waals surface area contributed by atoms with Crippen LogP contribution in [0.1, 0.15) is 50.1 Å². The van der Waals surface area contributed by atoms with Crippen LogP contribution in [0.5, 0.6) is 0 Å². The topological polar surface area (TPSA) is 79.4 Å². The highest BCUT2D eigenvalue weighted by Crippen LogP contribution is 2.45. The summed E-state index contributed by atoms with van der Waals surface area (Å²) in [6, 6.07) is 10.1. The Morgan fingerprint density at radius 3 is 2.63 bits per heavy atom. The number of anilines is 1. The van der Waals surface area contributed by atoms with Crippen molar-refractivity contribution in [2.24, 2.45) is 0 Å². The Balaban J connectivity index is 1.64. The molecule has 1 atom stereocenters. The smallest absolute Gasteiger partial charge is 0.244 e. The lowest BCUT2D eigenvalue weighted by atomic mass is 9.93. The molecule has 1 saturated carbocycles. The maximum Gasteiger partial charge on any atom is 0.244 e. The summed E-state index contributed by atoms with van der Waals surface area (Å²) >= 11 is 0. The third kappa shape index (κ3) is 3.49. The molecule has 1 amide bonds. The van der Waals surface area contributed by atoms with Gasteiger partial charge in [-0.2, -0.15) is 4.31 Å². The predicted molar refractivity (Wildman–Crippen MR) is 103 cm³/mol. The zero-order valence-corrected chi connectivity index (χ0v) is 15.9. The third-order valence-corrected chi connectivity index (χ3v) is 7.43. The third-order valence-electron chi connectivity index (χ3n) is 5.40. The van der Waals surface area contributed by atoms with Gasteiger partial charge in [-0.05, 0) is 36.6 Å². The molecule has 0 saturated heterocycles. The lowest BCUT2D eigenvalue weighted by molar-refractivity contribution is -0.117.